The van der Waals surface area contributed by atoms with Gasteiger partial charge in [0.15, 0.2) is 6.61 Å². The van der Waals surface area contributed by atoms with Gasteiger partial charge in [-0.1, -0.05) is 41.6 Å². The van der Waals surface area contributed by atoms with Gasteiger partial charge in [-0.05, 0) is 36.8 Å². The first-order chi connectivity index (χ1) is 12.1. The van der Waals surface area contributed by atoms with Crippen LogP contribution in [0.3, 0.4) is 0 Å². The summed E-state index contributed by atoms with van der Waals surface area (Å²) < 4.78 is 11.2. The van der Waals surface area contributed by atoms with Crippen LogP contribution < -0.4 is 10.5 Å². The summed E-state index contributed by atoms with van der Waals surface area (Å²) in [4.78, 5) is 11.2. The largest absolute Gasteiger partial charge is 0.484 e. The van der Waals surface area contributed by atoms with Gasteiger partial charge in [0.1, 0.15) is 5.75 Å². The zero-order valence-corrected chi connectivity index (χ0v) is 14.5. The number of ether oxygens (including phenoxy) is 1. The Morgan fingerprint density at radius 1 is 1.20 bits per heavy atom. The Hall–Kier alpha value is -2.80. The second-order valence-electron chi connectivity index (χ2n) is 5.42. The van der Waals surface area contributed by atoms with E-state index < -0.39 is 5.91 Å². The number of benzene rings is 2. The van der Waals surface area contributed by atoms with E-state index in [1.54, 1.807) is 18.2 Å². The number of nitrogens with zero attached hydrogens (tertiary/aromatic N) is 2. The van der Waals surface area contributed by atoms with Crippen molar-refractivity contribution in [3.8, 4) is 5.75 Å². The Labute approximate surface area is 149 Å². The molecule has 0 aliphatic rings. The number of carbonyl (C=O) groups excluding carboxylic acids is 1. The van der Waals surface area contributed by atoms with Crippen LogP contribution in [0.25, 0.3) is 0 Å². The summed E-state index contributed by atoms with van der Waals surface area (Å²) in [6.07, 6.45) is 0. The van der Waals surface area contributed by atoms with Crippen LogP contribution in [0.15, 0.2) is 58.2 Å². The SMILES string of the molecule is Cc1ccc(OCc2nnc(SCc3cccc(C(N)=O)c3)o2)cc1. The minimum Gasteiger partial charge on any atom is -0.484 e. The second kappa shape index (κ2) is 7.85. The molecule has 1 amide bonds. The molecule has 0 unspecified atom stereocenters. The van der Waals surface area contributed by atoms with Gasteiger partial charge in [-0.15, -0.1) is 10.2 Å². The number of rotatable bonds is 7. The minimum atomic E-state index is -0.444. The van der Waals surface area contributed by atoms with Crippen molar-refractivity contribution >= 4 is 17.7 Å². The summed E-state index contributed by atoms with van der Waals surface area (Å²) in [6.45, 7) is 2.23. The third-order valence-electron chi connectivity index (χ3n) is 3.41. The lowest BCUT2D eigenvalue weighted by Gasteiger charge is -2.03. The summed E-state index contributed by atoms with van der Waals surface area (Å²) in [5.74, 6) is 1.32. The van der Waals surface area contributed by atoms with Gasteiger partial charge in [0.2, 0.25) is 5.91 Å². The summed E-state index contributed by atoms with van der Waals surface area (Å²) >= 11 is 1.39. The predicted molar refractivity (Wildman–Crippen MR) is 94.3 cm³/mol. The third-order valence-corrected chi connectivity index (χ3v) is 4.30. The number of hydrogen-bond acceptors (Lipinski definition) is 6. The van der Waals surface area contributed by atoms with Crippen LogP contribution in [0.2, 0.25) is 0 Å². The number of thioether (sulfide) groups is 1. The maximum Gasteiger partial charge on any atom is 0.277 e. The first-order valence-electron chi connectivity index (χ1n) is 7.63. The van der Waals surface area contributed by atoms with Crippen molar-refractivity contribution in [2.75, 3.05) is 0 Å². The van der Waals surface area contributed by atoms with Crippen LogP contribution in [0.5, 0.6) is 5.75 Å². The highest BCUT2D eigenvalue weighted by molar-refractivity contribution is 7.98. The quantitative estimate of drug-likeness (QED) is 0.654. The first kappa shape index (κ1) is 17.0. The highest BCUT2D eigenvalue weighted by atomic mass is 32.2. The topological polar surface area (TPSA) is 91.2 Å². The molecule has 6 nitrogen and oxygen atoms in total. The molecular formula is C18H17N3O3S. The normalized spacial score (nSPS) is 10.6. The average Bonchev–Trinajstić information content (AvgIpc) is 3.08. The van der Waals surface area contributed by atoms with Gasteiger partial charge in [-0.3, -0.25) is 4.79 Å². The van der Waals surface area contributed by atoms with Crippen molar-refractivity contribution in [1.29, 1.82) is 0 Å². The molecule has 2 N–H and O–H groups in total. The molecule has 25 heavy (non-hydrogen) atoms. The molecule has 1 heterocycles. The van der Waals surface area contributed by atoms with Gasteiger partial charge in [0, 0.05) is 11.3 Å². The molecule has 3 rings (SSSR count). The molecule has 0 radical (unpaired) electrons. The van der Waals surface area contributed by atoms with E-state index in [1.807, 2.05) is 37.3 Å². The van der Waals surface area contributed by atoms with Gasteiger partial charge in [-0.25, -0.2) is 0 Å². The predicted octanol–water partition coefficient (Wildman–Crippen LogP) is 3.35. The van der Waals surface area contributed by atoms with E-state index in [-0.39, 0.29) is 6.61 Å². The molecule has 2 aromatic carbocycles. The standard InChI is InChI=1S/C18H17N3O3S/c1-12-5-7-15(8-6-12)23-10-16-20-21-18(24-16)25-11-13-3-2-4-14(9-13)17(19)22/h2-9H,10-11H2,1H3,(H2,19,22). The molecule has 0 aliphatic heterocycles. The lowest BCUT2D eigenvalue weighted by Crippen LogP contribution is -2.10. The van der Waals surface area contributed by atoms with Crippen LogP contribution in [-0.2, 0) is 12.4 Å². The van der Waals surface area contributed by atoms with Crippen molar-refractivity contribution < 1.29 is 13.9 Å². The maximum absolute atomic E-state index is 11.2. The van der Waals surface area contributed by atoms with Crippen molar-refractivity contribution in [2.24, 2.45) is 5.73 Å². The number of hydrogen-bond donors (Lipinski definition) is 1. The maximum atomic E-state index is 11.2. The molecule has 0 aliphatic carbocycles. The van der Waals surface area contributed by atoms with E-state index in [0.717, 1.165) is 11.3 Å². The molecule has 3 aromatic rings. The molecule has 0 bridgehead atoms. The van der Waals surface area contributed by atoms with Gasteiger partial charge in [0.05, 0.1) is 0 Å². The summed E-state index contributed by atoms with van der Waals surface area (Å²) in [5, 5.41) is 8.41. The lowest BCUT2D eigenvalue weighted by atomic mass is 10.1. The van der Waals surface area contributed by atoms with Crippen LogP contribution >= 0.6 is 11.8 Å². The Balaban J connectivity index is 1.54. The third kappa shape index (κ3) is 4.84. The molecule has 128 valence electrons. The van der Waals surface area contributed by atoms with Gasteiger partial charge in [-0.2, -0.15) is 0 Å². The summed E-state index contributed by atoms with van der Waals surface area (Å²) in [5.41, 5.74) is 7.89. The minimum absolute atomic E-state index is 0.216. The summed E-state index contributed by atoms with van der Waals surface area (Å²) in [6, 6.07) is 14.9. The van der Waals surface area contributed by atoms with E-state index in [9.17, 15) is 4.79 Å². The van der Waals surface area contributed by atoms with Crippen molar-refractivity contribution in [3.63, 3.8) is 0 Å². The zero-order chi connectivity index (χ0) is 17.6. The van der Waals surface area contributed by atoms with E-state index in [0.29, 0.717) is 22.4 Å². The molecular weight excluding hydrogens is 338 g/mol. The lowest BCUT2D eigenvalue weighted by molar-refractivity contribution is 0.1000. The molecule has 0 spiro atoms. The van der Waals surface area contributed by atoms with E-state index >= 15 is 0 Å². The van der Waals surface area contributed by atoms with Gasteiger partial charge >= 0.3 is 0 Å². The number of primary amides is 1. The highest BCUT2D eigenvalue weighted by Crippen LogP contribution is 2.22. The van der Waals surface area contributed by atoms with E-state index in [1.165, 1.54) is 17.3 Å². The number of aromatic nitrogens is 2. The van der Waals surface area contributed by atoms with Crippen LogP contribution in [0, 0.1) is 6.92 Å². The fourth-order valence-electron chi connectivity index (χ4n) is 2.09. The van der Waals surface area contributed by atoms with Crippen LogP contribution in [-0.4, -0.2) is 16.1 Å². The fraction of sp³-hybridized carbons (Fsp3) is 0.167. The molecule has 0 atom stereocenters. The molecule has 1 aromatic heterocycles. The number of amides is 1. The van der Waals surface area contributed by atoms with Crippen molar-refractivity contribution in [1.82, 2.24) is 10.2 Å². The Bertz CT molecular complexity index is 862. The molecule has 0 saturated carbocycles. The Kier molecular flexibility index (Phi) is 5.35. The zero-order valence-electron chi connectivity index (χ0n) is 13.6. The smallest absolute Gasteiger partial charge is 0.277 e. The van der Waals surface area contributed by atoms with Gasteiger partial charge < -0.3 is 14.9 Å². The molecule has 0 fully saturated rings. The van der Waals surface area contributed by atoms with Crippen molar-refractivity contribution in [2.45, 2.75) is 24.5 Å². The van der Waals surface area contributed by atoms with E-state index in [4.69, 9.17) is 14.9 Å². The molecule has 0 saturated heterocycles. The number of aryl methyl sites for hydroxylation is 1. The van der Waals surface area contributed by atoms with Crippen molar-refractivity contribution in [3.05, 3.63) is 71.1 Å². The highest BCUT2D eigenvalue weighted by Gasteiger charge is 2.09. The number of carbonyl (C=O) groups is 1. The average molecular weight is 355 g/mol. The second-order valence-corrected chi connectivity index (χ2v) is 6.34. The Morgan fingerprint density at radius 2 is 2.00 bits per heavy atom. The first-order valence-corrected chi connectivity index (χ1v) is 8.62. The van der Waals surface area contributed by atoms with Crippen LogP contribution in [0.1, 0.15) is 27.4 Å². The van der Waals surface area contributed by atoms with Gasteiger partial charge in [0.25, 0.3) is 11.1 Å². The van der Waals surface area contributed by atoms with Crippen LogP contribution in [0.4, 0.5) is 0 Å². The number of nitrogens with two attached hydrogens (primary N) is 1. The molecule has 7 heteroatoms. The summed E-state index contributed by atoms with van der Waals surface area (Å²) in [7, 11) is 0. The van der Waals surface area contributed by atoms with E-state index in [2.05, 4.69) is 10.2 Å². The monoisotopic (exact) mass is 355 g/mol. The Morgan fingerprint density at radius 3 is 2.76 bits per heavy atom. The fourth-order valence-corrected chi connectivity index (χ4v) is 2.82.